The van der Waals surface area contributed by atoms with Gasteiger partial charge in [0, 0.05) is 6.61 Å². The normalized spacial score (nSPS) is 10.7. The van der Waals surface area contributed by atoms with Crippen molar-refractivity contribution in [2.75, 3.05) is 13.7 Å². The van der Waals surface area contributed by atoms with Crippen molar-refractivity contribution in [3.63, 3.8) is 0 Å². The first-order valence-corrected chi connectivity index (χ1v) is 4.78. The summed E-state index contributed by atoms with van der Waals surface area (Å²) >= 11 is 0. The predicted octanol–water partition coefficient (Wildman–Crippen LogP) is 2.48. The van der Waals surface area contributed by atoms with Gasteiger partial charge < -0.3 is 9.84 Å². The summed E-state index contributed by atoms with van der Waals surface area (Å²) < 4.78 is 5.06. The van der Waals surface area contributed by atoms with Crippen molar-refractivity contribution >= 4 is 6.08 Å². The molecule has 1 aromatic carbocycles. The highest BCUT2D eigenvalue weighted by Crippen LogP contribution is 2.12. The lowest BCUT2D eigenvalue weighted by atomic mass is 10.2. The molecule has 0 aliphatic rings. The molecule has 1 N–H and O–H groups in total. The van der Waals surface area contributed by atoms with Crippen LogP contribution in [0.3, 0.4) is 0 Å². The lowest BCUT2D eigenvalue weighted by molar-refractivity contribution is 0.290. The molecule has 0 bridgehead atoms. The quantitative estimate of drug-likeness (QED) is 0.726. The molecule has 0 saturated carbocycles. The van der Waals surface area contributed by atoms with E-state index in [1.807, 2.05) is 24.3 Å². The molecule has 0 fully saturated rings. The van der Waals surface area contributed by atoms with E-state index in [2.05, 4.69) is 12.2 Å². The molecule has 14 heavy (non-hydrogen) atoms. The number of benzene rings is 1. The average molecular weight is 192 g/mol. The molecule has 0 heterocycles. The van der Waals surface area contributed by atoms with Crippen molar-refractivity contribution in [1.82, 2.24) is 0 Å². The summed E-state index contributed by atoms with van der Waals surface area (Å²) in [5.74, 6) is 0.873. The summed E-state index contributed by atoms with van der Waals surface area (Å²) in [4.78, 5) is 0. The van der Waals surface area contributed by atoms with Gasteiger partial charge in [0.2, 0.25) is 0 Å². The van der Waals surface area contributed by atoms with Gasteiger partial charge >= 0.3 is 0 Å². The van der Waals surface area contributed by atoms with Crippen LogP contribution in [0.2, 0.25) is 0 Å². The van der Waals surface area contributed by atoms with Gasteiger partial charge in [0.15, 0.2) is 0 Å². The highest BCUT2D eigenvalue weighted by Gasteiger charge is 1.89. The van der Waals surface area contributed by atoms with Gasteiger partial charge in [0.25, 0.3) is 0 Å². The smallest absolute Gasteiger partial charge is 0.118 e. The minimum absolute atomic E-state index is 0.257. The van der Waals surface area contributed by atoms with Gasteiger partial charge in [-0.3, -0.25) is 0 Å². The molecule has 0 saturated heterocycles. The Morgan fingerprint density at radius 1 is 1.29 bits per heavy atom. The molecule has 0 aromatic heterocycles. The van der Waals surface area contributed by atoms with Crippen molar-refractivity contribution in [3.05, 3.63) is 35.9 Å². The van der Waals surface area contributed by atoms with Crippen LogP contribution < -0.4 is 4.74 Å². The van der Waals surface area contributed by atoms with Gasteiger partial charge in [0.1, 0.15) is 5.75 Å². The fourth-order valence-electron chi connectivity index (χ4n) is 1.14. The number of unbranched alkanes of at least 4 members (excludes halogenated alkanes) is 1. The first kappa shape index (κ1) is 10.8. The van der Waals surface area contributed by atoms with E-state index in [0.717, 1.165) is 24.2 Å². The third kappa shape index (κ3) is 3.62. The maximum Gasteiger partial charge on any atom is 0.118 e. The van der Waals surface area contributed by atoms with Crippen molar-refractivity contribution in [1.29, 1.82) is 0 Å². The van der Waals surface area contributed by atoms with Gasteiger partial charge in [-0.1, -0.05) is 24.3 Å². The summed E-state index contributed by atoms with van der Waals surface area (Å²) in [6.07, 6.45) is 5.86. The maximum absolute atomic E-state index is 8.58. The van der Waals surface area contributed by atoms with Crippen LogP contribution in [0.4, 0.5) is 0 Å². The topological polar surface area (TPSA) is 29.5 Å². The first-order valence-electron chi connectivity index (χ1n) is 4.78. The maximum atomic E-state index is 8.58. The highest BCUT2D eigenvalue weighted by atomic mass is 16.5. The number of allylic oxidation sites excluding steroid dienone is 1. The SMILES string of the molecule is COc1ccc(/C=C\CCCO)cc1. The number of aliphatic hydroxyl groups excluding tert-OH is 1. The lowest BCUT2D eigenvalue weighted by Gasteiger charge is -1.98. The lowest BCUT2D eigenvalue weighted by Crippen LogP contribution is -1.81. The van der Waals surface area contributed by atoms with E-state index in [1.54, 1.807) is 7.11 Å². The molecule has 0 spiro atoms. The van der Waals surface area contributed by atoms with Crippen molar-refractivity contribution < 1.29 is 9.84 Å². The molecule has 0 unspecified atom stereocenters. The zero-order valence-electron chi connectivity index (χ0n) is 8.44. The van der Waals surface area contributed by atoms with Crippen molar-refractivity contribution in [3.8, 4) is 5.75 Å². The molecular weight excluding hydrogens is 176 g/mol. The first-order chi connectivity index (χ1) is 6.86. The number of ether oxygens (including phenoxy) is 1. The van der Waals surface area contributed by atoms with Gasteiger partial charge in [0.05, 0.1) is 7.11 Å². The number of methoxy groups -OCH3 is 1. The Morgan fingerprint density at radius 3 is 2.57 bits per heavy atom. The van der Waals surface area contributed by atoms with E-state index in [0.29, 0.717) is 0 Å². The summed E-state index contributed by atoms with van der Waals surface area (Å²) in [5.41, 5.74) is 1.16. The molecule has 1 aromatic rings. The zero-order chi connectivity index (χ0) is 10.2. The van der Waals surface area contributed by atoms with Crippen LogP contribution in [0.15, 0.2) is 30.3 Å². The predicted molar refractivity (Wildman–Crippen MR) is 58.3 cm³/mol. The zero-order valence-corrected chi connectivity index (χ0v) is 8.44. The Labute approximate surface area is 84.8 Å². The van der Waals surface area contributed by atoms with Crippen molar-refractivity contribution in [2.45, 2.75) is 12.8 Å². The third-order valence-corrected chi connectivity index (χ3v) is 1.96. The molecule has 0 aliphatic heterocycles. The second-order valence-corrected chi connectivity index (χ2v) is 3.04. The number of hydrogen-bond donors (Lipinski definition) is 1. The van der Waals surface area contributed by atoms with E-state index < -0.39 is 0 Å². The Hall–Kier alpha value is -1.28. The van der Waals surface area contributed by atoms with E-state index in [9.17, 15) is 0 Å². The Bertz CT molecular complexity index is 275. The van der Waals surface area contributed by atoms with Gasteiger partial charge in [-0.05, 0) is 30.5 Å². The summed E-state index contributed by atoms with van der Waals surface area (Å²) in [5, 5.41) is 8.58. The van der Waals surface area contributed by atoms with Crippen LogP contribution in [0.1, 0.15) is 18.4 Å². The van der Waals surface area contributed by atoms with E-state index in [1.165, 1.54) is 0 Å². The van der Waals surface area contributed by atoms with Crippen LogP contribution in [-0.2, 0) is 0 Å². The highest BCUT2D eigenvalue weighted by molar-refractivity contribution is 5.50. The molecular formula is C12H16O2. The fourth-order valence-corrected chi connectivity index (χ4v) is 1.14. The number of aliphatic hydroxyl groups is 1. The largest absolute Gasteiger partial charge is 0.497 e. The molecule has 2 nitrogen and oxygen atoms in total. The minimum Gasteiger partial charge on any atom is -0.497 e. The molecule has 76 valence electrons. The van der Waals surface area contributed by atoms with E-state index >= 15 is 0 Å². The molecule has 0 amide bonds. The van der Waals surface area contributed by atoms with Crippen LogP contribution in [0, 0.1) is 0 Å². The van der Waals surface area contributed by atoms with Crippen LogP contribution in [0.5, 0.6) is 5.75 Å². The Balaban J connectivity index is 2.47. The second-order valence-electron chi connectivity index (χ2n) is 3.04. The molecule has 1 rings (SSSR count). The molecule has 0 aliphatic carbocycles. The van der Waals surface area contributed by atoms with Crippen molar-refractivity contribution in [2.24, 2.45) is 0 Å². The fraction of sp³-hybridized carbons (Fsp3) is 0.333. The van der Waals surface area contributed by atoms with Gasteiger partial charge in [-0.25, -0.2) is 0 Å². The second kappa shape index (κ2) is 6.22. The summed E-state index contributed by atoms with van der Waals surface area (Å²) in [6.45, 7) is 0.257. The standard InChI is InChI=1S/C12H16O2/c1-14-12-8-6-11(7-9-12)5-3-2-4-10-13/h3,5-9,13H,2,4,10H2,1H3/b5-3-. The molecule has 2 heteroatoms. The summed E-state index contributed by atoms with van der Waals surface area (Å²) in [6, 6.07) is 7.89. The summed E-state index contributed by atoms with van der Waals surface area (Å²) in [7, 11) is 1.66. The van der Waals surface area contributed by atoms with Gasteiger partial charge in [-0.15, -0.1) is 0 Å². The Morgan fingerprint density at radius 2 is 2.00 bits per heavy atom. The molecule has 0 radical (unpaired) electrons. The van der Waals surface area contributed by atoms with Crippen LogP contribution >= 0.6 is 0 Å². The Kier molecular flexibility index (Phi) is 4.79. The van der Waals surface area contributed by atoms with E-state index in [-0.39, 0.29) is 6.61 Å². The van der Waals surface area contributed by atoms with Gasteiger partial charge in [-0.2, -0.15) is 0 Å². The third-order valence-electron chi connectivity index (χ3n) is 1.96. The number of hydrogen-bond acceptors (Lipinski definition) is 2. The number of rotatable bonds is 5. The monoisotopic (exact) mass is 192 g/mol. The average Bonchev–Trinajstić information content (AvgIpc) is 2.25. The van der Waals surface area contributed by atoms with E-state index in [4.69, 9.17) is 9.84 Å². The molecule has 0 atom stereocenters. The van der Waals surface area contributed by atoms with Crippen LogP contribution in [-0.4, -0.2) is 18.8 Å². The minimum atomic E-state index is 0.257. The van der Waals surface area contributed by atoms with Crippen LogP contribution in [0.25, 0.3) is 6.08 Å².